The molecule has 0 atom stereocenters. The van der Waals surface area contributed by atoms with Crippen LogP contribution in [-0.2, 0) is 27.4 Å². The molecule has 4 fully saturated rings. The van der Waals surface area contributed by atoms with E-state index in [1.807, 2.05) is 13.8 Å². The molecule has 4 aromatic rings. The van der Waals surface area contributed by atoms with Crippen LogP contribution >= 0.6 is 0 Å². The van der Waals surface area contributed by atoms with Gasteiger partial charge in [0.15, 0.2) is 0 Å². The number of rotatable bonds is 10. The zero-order valence-corrected chi connectivity index (χ0v) is 38.2. The van der Waals surface area contributed by atoms with Crippen molar-refractivity contribution in [2.45, 2.75) is 144 Å². The summed E-state index contributed by atoms with van der Waals surface area (Å²) < 4.78 is 17.6. The minimum atomic E-state index is -0.664. The van der Waals surface area contributed by atoms with E-state index in [1.54, 1.807) is 0 Å². The molecular formula is C53H72N2O6. The molecule has 0 spiro atoms. The first-order chi connectivity index (χ1) is 29.0. The molecule has 0 amide bonds. The van der Waals surface area contributed by atoms with E-state index in [0.29, 0.717) is 23.0 Å². The normalized spacial score (nSPS) is 21.9. The van der Waals surface area contributed by atoms with Gasteiger partial charge in [0.2, 0.25) is 0 Å². The molecule has 8 rings (SSSR count). The van der Waals surface area contributed by atoms with Gasteiger partial charge >= 0.3 is 11.9 Å². The van der Waals surface area contributed by atoms with E-state index >= 15 is 0 Å². The highest BCUT2D eigenvalue weighted by molar-refractivity contribution is 5.85. The Morgan fingerprint density at radius 3 is 1.28 bits per heavy atom. The molecule has 4 aliphatic rings. The van der Waals surface area contributed by atoms with Gasteiger partial charge < -0.3 is 19.3 Å². The fraction of sp³-hybridized carbons (Fsp3) is 0.585. The van der Waals surface area contributed by atoms with Crippen LogP contribution in [0.1, 0.15) is 130 Å². The number of esters is 1. The molecule has 4 aromatic carbocycles. The molecule has 2 heterocycles. The molecule has 2 saturated heterocycles. The van der Waals surface area contributed by atoms with Crippen LogP contribution in [0.15, 0.2) is 72.8 Å². The van der Waals surface area contributed by atoms with Crippen molar-refractivity contribution in [2.24, 2.45) is 21.7 Å². The maximum atomic E-state index is 12.0. The third-order valence-electron chi connectivity index (χ3n) is 14.9. The number of likely N-dealkylation sites (tertiary alicyclic amines) is 2. The molecule has 330 valence electrons. The summed E-state index contributed by atoms with van der Waals surface area (Å²) in [5.41, 5.74) is 2.62. The van der Waals surface area contributed by atoms with E-state index in [4.69, 9.17) is 14.2 Å². The first kappa shape index (κ1) is 44.9. The molecule has 61 heavy (non-hydrogen) atoms. The largest absolute Gasteiger partial charge is 0.490 e. The van der Waals surface area contributed by atoms with Crippen molar-refractivity contribution in [1.82, 2.24) is 9.80 Å². The standard InChI is InChI=1S/C27H37NO3.C26H35NO3/c1-26(2)11-9-23(10-12-26)31-24-8-7-21-17-20(5-6-22(21)18-24)19-28-15-13-27(3,14-16-28)25(29)30-4;1-25(2)10-8-22(9-11-25)30-23-7-6-20-16-19(4-5-21(20)17-23)18-27-14-12-26(3,13-15-27)24(28)29/h5-8,17-18,23H,9-16,19H2,1-4H3;4-7,16-17,22H,8-15,18H2,1-3H3,(H,28,29). The van der Waals surface area contributed by atoms with Crippen molar-refractivity contribution >= 4 is 33.5 Å². The Morgan fingerprint density at radius 2 is 0.902 bits per heavy atom. The van der Waals surface area contributed by atoms with Crippen molar-refractivity contribution in [3.63, 3.8) is 0 Å². The van der Waals surface area contributed by atoms with Gasteiger partial charge in [-0.15, -0.1) is 0 Å². The Balaban J connectivity index is 0.000000184. The van der Waals surface area contributed by atoms with Crippen molar-refractivity contribution in [2.75, 3.05) is 33.3 Å². The van der Waals surface area contributed by atoms with E-state index in [-0.39, 0.29) is 11.4 Å². The van der Waals surface area contributed by atoms with Gasteiger partial charge in [-0.25, -0.2) is 0 Å². The predicted octanol–water partition coefficient (Wildman–Crippen LogP) is 11.8. The molecule has 2 aliphatic carbocycles. The minimum Gasteiger partial charge on any atom is -0.490 e. The first-order valence-corrected chi connectivity index (χ1v) is 23.1. The van der Waals surface area contributed by atoms with E-state index in [1.165, 1.54) is 65.5 Å². The fourth-order valence-corrected chi connectivity index (χ4v) is 9.85. The molecule has 0 radical (unpaired) electrons. The van der Waals surface area contributed by atoms with E-state index in [0.717, 1.165) is 102 Å². The Bertz CT molecular complexity index is 2120. The Morgan fingerprint density at radius 1 is 0.541 bits per heavy atom. The van der Waals surface area contributed by atoms with Gasteiger partial charge in [-0.05, 0) is 197 Å². The van der Waals surface area contributed by atoms with Crippen molar-refractivity contribution in [3.05, 3.63) is 83.9 Å². The summed E-state index contributed by atoms with van der Waals surface area (Å²) >= 11 is 0. The number of carboxylic acid groups (broad SMARTS) is 1. The summed E-state index contributed by atoms with van der Waals surface area (Å²) in [7, 11) is 1.49. The summed E-state index contributed by atoms with van der Waals surface area (Å²) in [5.74, 6) is 1.22. The van der Waals surface area contributed by atoms with Crippen molar-refractivity contribution in [1.29, 1.82) is 0 Å². The molecule has 2 aliphatic heterocycles. The third-order valence-corrected chi connectivity index (χ3v) is 14.9. The highest BCUT2D eigenvalue weighted by Gasteiger charge is 2.38. The maximum absolute atomic E-state index is 12.0. The Labute approximate surface area is 365 Å². The minimum absolute atomic E-state index is 0.0761. The molecule has 0 aromatic heterocycles. The number of carbonyl (C=O) groups is 2. The van der Waals surface area contributed by atoms with Gasteiger partial charge in [0.05, 0.1) is 30.1 Å². The van der Waals surface area contributed by atoms with Crippen molar-refractivity contribution in [3.8, 4) is 11.5 Å². The lowest BCUT2D eigenvalue weighted by molar-refractivity contribution is -0.154. The topological polar surface area (TPSA) is 88.5 Å². The van der Waals surface area contributed by atoms with Crippen LogP contribution in [0, 0.1) is 21.7 Å². The van der Waals surface area contributed by atoms with Crippen LogP contribution in [0.3, 0.4) is 0 Å². The van der Waals surface area contributed by atoms with Crippen LogP contribution in [0.4, 0.5) is 0 Å². The number of hydrogen-bond donors (Lipinski definition) is 1. The van der Waals surface area contributed by atoms with Crippen LogP contribution in [-0.4, -0.2) is 72.3 Å². The molecule has 0 bridgehead atoms. The van der Waals surface area contributed by atoms with E-state index < -0.39 is 11.4 Å². The molecule has 8 heteroatoms. The van der Waals surface area contributed by atoms with Gasteiger partial charge in [-0.2, -0.15) is 0 Å². The number of carboxylic acids is 1. The van der Waals surface area contributed by atoms with Gasteiger partial charge in [-0.1, -0.05) is 64.1 Å². The number of benzene rings is 4. The second kappa shape index (κ2) is 18.7. The van der Waals surface area contributed by atoms with Gasteiger partial charge in [0.1, 0.15) is 11.5 Å². The zero-order valence-electron chi connectivity index (χ0n) is 38.2. The lowest BCUT2D eigenvalue weighted by atomic mass is 9.76. The average Bonchev–Trinajstić information content (AvgIpc) is 3.24. The monoisotopic (exact) mass is 833 g/mol. The van der Waals surface area contributed by atoms with Gasteiger partial charge in [0.25, 0.3) is 0 Å². The second-order valence-corrected chi connectivity index (χ2v) is 21.1. The molecule has 0 unspecified atom stereocenters. The number of methoxy groups -OCH3 is 1. The zero-order chi connectivity index (χ0) is 43.4. The lowest BCUT2D eigenvalue weighted by Gasteiger charge is -2.37. The lowest BCUT2D eigenvalue weighted by Crippen LogP contribution is -2.42. The summed E-state index contributed by atoms with van der Waals surface area (Å²) in [6, 6.07) is 26.3. The maximum Gasteiger partial charge on any atom is 0.311 e. The van der Waals surface area contributed by atoms with Crippen LogP contribution in [0.2, 0.25) is 0 Å². The van der Waals surface area contributed by atoms with Gasteiger partial charge in [-0.3, -0.25) is 19.4 Å². The Hall–Kier alpha value is -4.14. The molecular weight excluding hydrogens is 761 g/mol. The molecule has 2 saturated carbocycles. The summed E-state index contributed by atoms with van der Waals surface area (Å²) in [6.45, 7) is 18.6. The third kappa shape index (κ3) is 11.7. The Kier molecular flexibility index (Phi) is 13.8. The average molecular weight is 833 g/mol. The summed E-state index contributed by atoms with van der Waals surface area (Å²) in [4.78, 5) is 28.3. The number of aliphatic carboxylic acids is 1. The van der Waals surface area contributed by atoms with E-state index in [2.05, 4.69) is 110 Å². The summed E-state index contributed by atoms with van der Waals surface area (Å²) in [6.07, 6.45) is 13.3. The summed E-state index contributed by atoms with van der Waals surface area (Å²) in [5, 5.41) is 14.3. The smallest absolute Gasteiger partial charge is 0.311 e. The first-order valence-electron chi connectivity index (χ1n) is 23.1. The SMILES string of the molecule is CC1(C)CCC(Oc2ccc3cc(CN4CCC(C)(C(=O)O)CC4)ccc3c2)CC1.COC(=O)C1(C)CCN(Cc2ccc3cc(OC4CCC(C)(C)CC4)ccc3c2)CC1. The number of fused-ring (bicyclic) bond motifs is 2. The van der Waals surface area contributed by atoms with Gasteiger partial charge in [0, 0.05) is 13.1 Å². The fourth-order valence-electron chi connectivity index (χ4n) is 9.85. The highest BCUT2D eigenvalue weighted by Crippen LogP contribution is 2.39. The predicted molar refractivity (Wildman–Crippen MR) is 246 cm³/mol. The quantitative estimate of drug-likeness (QED) is 0.158. The molecule has 8 nitrogen and oxygen atoms in total. The highest BCUT2D eigenvalue weighted by atomic mass is 16.5. The van der Waals surface area contributed by atoms with Crippen LogP contribution in [0.25, 0.3) is 21.5 Å². The van der Waals surface area contributed by atoms with E-state index in [9.17, 15) is 14.7 Å². The number of ether oxygens (including phenoxy) is 3. The van der Waals surface area contributed by atoms with Crippen LogP contribution in [0.5, 0.6) is 11.5 Å². The second-order valence-electron chi connectivity index (χ2n) is 21.1. The van der Waals surface area contributed by atoms with Crippen molar-refractivity contribution < 1.29 is 28.9 Å². The van der Waals surface area contributed by atoms with Crippen LogP contribution < -0.4 is 9.47 Å². The number of hydrogen-bond acceptors (Lipinski definition) is 7. The number of carbonyl (C=O) groups excluding carboxylic acids is 1. The number of piperidine rings is 2. The number of nitrogens with zero attached hydrogens (tertiary/aromatic N) is 2. The molecule has 1 N–H and O–H groups in total.